The van der Waals surface area contributed by atoms with Gasteiger partial charge in [-0.2, -0.15) is 0 Å². The van der Waals surface area contributed by atoms with Crippen LogP contribution in [0, 0.1) is 0 Å². The van der Waals surface area contributed by atoms with Crippen LogP contribution in [0.1, 0.15) is 33.8 Å². The number of rotatable bonds is 9. The Balaban J connectivity index is 1.30. The van der Waals surface area contributed by atoms with Crippen LogP contribution in [-0.2, 0) is 9.53 Å². The first-order valence-electron chi connectivity index (χ1n) is 14.0. The molecule has 2 aromatic heterocycles. The summed E-state index contributed by atoms with van der Waals surface area (Å²) in [6.45, 7) is -0.103. The van der Waals surface area contributed by atoms with E-state index in [1.54, 1.807) is 30.5 Å². The number of thiocarbonyl (C=S) groups is 1. The second kappa shape index (κ2) is 12.8. The third-order valence-electron chi connectivity index (χ3n) is 7.27. The van der Waals surface area contributed by atoms with Crippen molar-refractivity contribution in [1.29, 1.82) is 0 Å². The molecule has 2 atom stereocenters. The summed E-state index contributed by atoms with van der Waals surface area (Å²) in [5.41, 5.74) is 4.50. The normalized spacial score (nSPS) is 15.8. The van der Waals surface area contributed by atoms with E-state index in [4.69, 9.17) is 21.7 Å². The molecule has 44 heavy (non-hydrogen) atoms. The zero-order valence-electron chi connectivity index (χ0n) is 23.8. The van der Waals surface area contributed by atoms with Crippen LogP contribution in [0.25, 0.3) is 5.69 Å². The number of hydrogen-bond acceptors (Lipinski definition) is 6. The Hall–Kier alpha value is -5.48. The van der Waals surface area contributed by atoms with E-state index in [1.807, 2.05) is 95.7 Å². The van der Waals surface area contributed by atoms with Gasteiger partial charge < -0.3 is 29.6 Å². The summed E-state index contributed by atoms with van der Waals surface area (Å²) in [5, 5.41) is 6.89. The molecule has 0 bridgehead atoms. The van der Waals surface area contributed by atoms with Crippen LogP contribution in [0.2, 0.25) is 0 Å². The first kappa shape index (κ1) is 28.6. The van der Waals surface area contributed by atoms with Crippen LogP contribution in [0.15, 0.2) is 122 Å². The quantitative estimate of drug-likeness (QED) is 0.160. The van der Waals surface area contributed by atoms with Gasteiger partial charge in [-0.25, -0.2) is 4.79 Å². The number of carbonyl (C=O) groups excluding carboxylic acids is 2. The molecule has 0 spiro atoms. The smallest absolute Gasteiger partial charge is 0.337 e. The van der Waals surface area contributed by atoms with Gasteiger partial charge in [0.25, 0.3) is 5.91 Å². The molecule has 0 unspecified atom stereocenters. The fraction of sp³-hybridized carbons (Fsp3) is 0.118. The fourth-order valence-corrected chi connectivity index (χ4v) is 5.62. The van der Waals surface area contributed by atoms with Gasteiger partial charge in [-0.15, -0.1) is 0 Å². The minimum Gasteiger partial charge on any atom is -0.484 e. The van der Waals surface area contributed by atoms with Gasteiger partial charge in [-0.05, 0) is 91.1 Å². The molecule has 3 heterocycles. The third-order valence-corrected chi connectivity index (χ3v) is 7.58. The van der Waals surface area contributed by atoms with E-state index in [1.165, 1.54) is 7.11 Å². The number of para-hydroxylation sites is 1. The van der Waals surface area contributed by atoms with Gasteiger partial charge in [-0.1, -0.05) is 30.3 Å². The average Bonchev–Trinajstić information content (AvgIpc) is 3.69. The number of pyridine rings is 1. The monoisotopic (exact) mass is 603 g/mol. The SMILES string of the molecule is COC(=O)c1cccc(-n2cccc2[C@H]2[C@@H](c3ccccn3)NC(=S)N2c2ccc(NC(=O)COc3ccccc3)cc2)c1. The summed E-state index contributed by atoms with van der Waals surface area (Å²) in [7, 11) is 1.37. The lowest BCUT2D eigenvalue weighted by Gasteiger charge is -2.29. The number of benzene rings is 3. The first-order chi connectivity index (χ1) is 21.5. The van der Waals surface area contributed by atoms with E-state index in [9.17, 15) is 9.59 Å². The number of ether oxygens (including phenoxy) is 2. The molecule has 6 rings (SSSR count). The standard InChI is InChI=1S/C34H29N5O4S/c1-42-33(41)23-9-7-10-26(21-23)38-20-8-14-29(38)32-31(28-13-5-6-19-35-28)37-34(44)39(32)25-17-15-24(16-18-25)36-30(40)22-43-27-11-3-2-4-12-27/h2-21,31-32H,22H2,1H3,(H,36,40)(H,37,44)/t31-,32+/m1/s1. The van der Waals surface area contributed by atoms with Crippen molar-refractivity contribution in [2.75, 3.05) is 23.9 Å². The molecule has 9 nitrogen and oxygen atoms in total. The van der Waals surface area contributed by atoms with Crippen LogP contribution in [-0.4, -0.2) is 40.3 Å². The van der Waals surface area contributed by atoms with Gasteiger partial charge in [0.2, 0.25) is 0 Å². The maximum Gasteiger partial charge on any atom is 0.337 e. The van der Waals surface area contributed by atoms with Crippen LogP contribution >= 0.6 is 12.2 Å². The lowest BCUT2D eigenvalue weighted by molar-refractivity contribution is -0.118. The van der Waals surface area contributed by atoms with Crippen LogP contribution < -0.4 is 20.3 Å². The maximum absolute atomic E-state index is 12.5. The second-order valence-corrected chi connectivity index (χ2v) is 10.4. The highest BCUT2D eigenvalue weighted by Crippen LogP contribution is 2.42. The van der Waals surface area contributed by atoms with Crippen molar-refractivity contribution in [3.8, 4) is 11.4 Å². The zero-order chi connectivity index (χ0) is 30.5. The van der Waals surface area contributed by atoms with Crippen molar-refractivity contribution in [2.24, 2.45) is 0 Å². The summed E-state index contributed by atoms with van der Waals surface area (Å²) >= 11 is 5.90. The minimum absolute atomic E-state index is 0.103. The summed E-state index contributed by atoms with van der Waals surface area (Å²) in [6.07, 6.45) is 3.72. The number of nitrogens with one attached hydrogen (secondary N) is 2. The molecule has 1 saturated heterocycles. The molecule has 1 aliphatic rings. The highest BCUT2D eigenvalue weighted by Gasteiger charge is 2.42. The molecule has 1 fully saturated rings. The second-order valence-electron chi connectivity index (χ2n) is 10.0. The van der Waals surface area contributed by atoms with E-state index < -0.39 is 5.97 Å². The molecule has 0 radical (unpaired) electrons. The Kier molecular flexibility index (Phi) is 8.33. The molecular weight excluding hydrogens is 574 g/mol. The summed E-state index contributed by atoms with van der Waals surface area (Å²) in [6, 6.07) is 33.2. The molecule has 1 aliphatic heterocycles. The van der Waals surface area contributed by atoms with E-state index in [0.717, 1.165) is 22.8 Å². The predicted molar refractivity (Wildman–Crippen MR) is 172 cm³/mol. The largest absolute Gasteiger partial charge is 0.484 e. The molecule has 5 aromatic rings. The summed E-state index contributed by atoms with van der Waals surface area (Å²) < 4.78 is 12.5. The highest BCUT2D eigenvalue weighted by atomic mass is 32.1. The molecule has 1 amide bonds. The minimum atomic E-state index is -0.406. The number of amides is 1. The molecule has 2 N–H and O–H groups in total. The molecular formula is C34H29N5O4S. The van der Waals surface area contributed by atoms with Crippen molar-refractivity contribution >= 4 is 40.6 Å². The van der Waals surface area contributed by atoms with E-state index in [-0.39, 0.29) is 24.6 Å². The fourth-order valence-electron chi connectivity index (χ4n) is 5.27. The number of hydrogen-bond donors (Lipinski definition) is 2. The van der Waals surface area contributed by atoms with Gasteiger partial charge >= 0.3 is 5.97 Å². The van der Waals surface area contributed by atoms with E-state index >= 15 is 0 Å². The number of esters is 1. The van der Waals surface area contributed by atoms with Crippen molar-refractivity contribution in [1.82, 2.24) is 14.9 Å². The van der Waals surface area contributed by atoms with Crippen molar-refractivity contribution < 1.29 is 19.1 Å². The van der Waals surface area contributed by atoms with Gasteiger partial charge in [0.15, 0.2) is 11.7 Å². The predicted octanol–water partition coefficient (Wildman–Crippen LogP) is 5.85. The third kappa shape index (κ3) is 6.02. The lowest BCUT2D eigenvalue weighted by Crippen LogP contribution is -2.30. The van der Waals surface area contributed by atoms with Gasteiger partial charge in [0.1, 0.15) is 11.8 Å². The Morgan fingerprint density at radius 1 is 0.909 bits per heavy atom. The Labute approximate surface area is 260 Å². The number of anilines is 2. The Morgan fingerprint density at radius 3 is 2.45 bits per heavy atom. The Morgan fingerprint density at radius 2 is 1.70 bits per heavy atom. The number of aromatic nitrogens is 2. The number of methoxy groups -OCH3 is 1. The van der Waals surface area contributed by atoms with Crippen molar-refractivity contribution in [3.63, 3.8) is 0 Å². The molecule has 0 saturated carbocycles. The van der Waals surface area contributed by atoms with Crippen molar-refractivity contribution in [2.45, 2.75) is 12.1 Å². The van der Waals surface area contributed by atoms with Crippen LogP contribution in [0.4, 0.5) is 11.4 Å². The van der Waals surface area contributed by atoms with Gasteiger partial charge in [-0.3, -0.25) is 9.78 Å². The molecule has 220 valence electrons. The average molecular weight is 604 g/mol. The van der Waals surface area contributed by atoms with E-state index in [0.29, 0.717) is 22.1 Å². The van der Waals surface area contributed by atoms with Crippen LogP contribution in [0.3, 0.4) is 0 Å². The van der Waals surface area contributed by atoms with Crippen LogP contribution in [0.5, 0.6) is 5.75 Å². The summed E-state index contributed by atoms with van der Waals surface area (Å²) in [5.74, 6) is -0.0422. The lowest BCUT2D eigenvalue weighted by atomic mass is 10.0. The Bertz CT molecular complexity index is 1780. The highest BCUT2D eigenvalue weighted by molar-refractivity contribution is 7.80. The number of carbonyl (C=O) groups is 2. The summed E-state index contributed by atoms with van der Waals surface area (Å²) in [4.78, 5) is 31.5. The van der Waals surface area contributed by atoms with Gasteiger partial charge in [0.05, 0.1) is 24.4 Å². The molecule has 3 aromatic carbocycles. The van der Waals surface area contributed by atoms with Gasteiger partial charge in [0, 0.05) is 35.1 Å². The maximum atomic E-state index is 12.5. The first-order valence-corrected chi connectivity index (χ1v) is 14.4. The van der Waals surface area contributed by atoms with Crippen molar-refractivity contribution in [3.05, 3.63) is 139 Å². The number of nitrogens with zero attached hydrogens (tertiary/aromatic N) is 3. The topological polar surface area (TPSA) is 97.7 Å². The molecule has 10 heteroatoms. The zero-order valence-corrected chi connectivity index (χ0v) is 24.6. The van der Waals surface area contributed by atoms with E-state index in [2.05, 4.69) is 20.5 Å². The molecule has 0 aliphatic carbocycles.